The van der Waals surface area contributed by atoms with Gasteiger partial charge in [-0.15, -0.1) is 0 Å². The summed E-state index contributed by atoms with van der Waals surface area (Å²) >= 11 is 6.48. The summed E-state index contributed by atoms with van der Waals surface area (Å²) in [5.41, 5.74) is 3.24. The Bertz CT molecular complexity index is 1100. The highest BCUT2D eigenvalue weighted by Crippen LogP contribution is 2.38. The molecule has 0 radical (unpaired) electrons. The van der Waals surface area contributed by atoms with Crippen molar-refractivity contribution < 1.29 is 4.74 Å². The lowest BCUT2D eigenvalue weighted by Crippen LogP contribution is -1.88. The average Bonchev–Trinajstić information content (AvgIpc) is 2.66. The third-order valence-electron chi connectivity index (χ3n) is 4.48. The Kier molecular flexibility index (Phi) is 4.17. The van der Waals surface area contributed by atoms with Gasteiger partial charge in [-0.2, -0.15) is 0 Å². The molecule has 0 aromatic heterocycles. The summed E-state index contributed by atoms with van der Waals surface area (Å²) < 4.78 is 5.11. The average molecular weight is 345 g/mol. The third kappa shape index (κ3) is 2.77. The molecule has 0 aliphatic carbocycles. The summed E-state index contributed by atoms with van der Waals surface area (Å²) in [6, 6.07) is 25.2. The molecular weight excluding hydrogens is 328 g/mol. The van der Waals surface area contributed by atoms with E-state index in [0.29, 0.717) is 5.02 Å². The number of hydrogen-bond donors (Lipinski definition) is 0. The van der Waals surface area contributed by atoms with Crippen LogP contribution in [0.1, 0.15) is 5.56 Å². The maximum atomic E-state index is 6.48. The second kappa shape index (κ2) is 6.62. The van der Waals surface area contributed by atoms with Gasteiger partial charge in [0.2, 0.25) is 0 Å². The Labute approximate surface area is 152 Å². The highest BCUT2D eigenvalue weighted by molar-refractivity contribution is 6.32. The van der Waals surface area contributed by atoms with Crippen molar-refractivity contribution in [3.63, 3.8) is 0 Å². The van der Waals surface area contributed by atoms with Crippen molar-refractivity contribution >= 4 is 39.2 Å². The molecule has 0 spiro atoms. The molecule has 2 heteroatoms. The fraction of sp³-hybridized carbons (Fsp3) is 0.0435. The maximum absolute atomic E-state index is 6.48. The van der Waals surface area contributed by atoms with Gasteiger partial charge in [0.15, 0.2) is 0 Å². The second-order valence-corrected chi connectivity index (χ2v) is 6.34. The first-order chi connectivity index (χ1) is 12.3. The zero-order chi connectivity index (χ0) is 17.2. The minimum absolute atomic E-state index is 0.711. The molecule has 0 heterocycles. The van der Waals surface area contributed by atoms with E-state index in [1.807, 2.05) is 18.2 Å². The second-order valence-electron chi connectivity index (χ2n) is 5.93. The van der Waals surface area contributed by atoms with E-state index >= 15 is 0 Å². The molecule has 1 nitrogen and oxygen atoms in total. The normalized spacial score (nSPS) is 11.4. The molecule has 0 saturated carbocycles. The van der Waals surface area contributed by atoms with Crippen LogP contribution in [0.25, 0.3) is 38.7 Å². The van der Waals surface area contributed by atoms with Crippen molar-refractivity contribution in [1.29, 1.82) is 0 Å². The summed E-state index contributed by atoms with van der Waals surface area (Å²) in [6.07, 6.45) is 3.58. The van der Waals surface area contributed by atoms with E-state index in [0.717, 1.165) is 11.1 Å². The van der Waals surface area contributed by atoms with Crippen LogP contribution >= 0.6 is 11.6 Å². The van der Waals surface area contributed by atoms with Crippen LogP contribution in [0.2, 0.25) is 5.02 Å². The predicted molar refractivity (Wildman–Crippen MR) is 108 cm³/mol. The number of rotatable bonds is 3. The lowest BCUT2D eigenvalue weighted by molar-refractivity contribution is 0.341. The Hall–Kier alpha value is -2.77. The lowest BCUT2D eigenvalue weighted by atomic mass is 9.91. The van der Waals surface area contributed by atoms with Gasteiger partial charge in [0.1, 0.15) is 0 Å². The van der Waals surface area contributed by atoms with Gasteiger partial charge in [0.05, 0.1) is 13.4 Å². The highest BCUT2D eigenvalue weighted by atomic mass is 35.5. The molecule has 0 unspecified atom stereocenters. The molecule has 4 aromatic rings. The molecule has 122 valence electrons. The molecule has 25 heavy (non-hydrogen) atoms. The topological polar surface area (TPSA) is 9.23 Å². The van der Waals surface area contributed by atoms with Crippen molar-refractivity contribution in [3.05, 3.63) is 89.6 Å². The number of benzene rings is 4. The number of halogens is 1. The number of fused-ring (bicyclic) bond motifs is 3. The van der Waals surface area contributed by atoms with Crippen molar-refractivity contribution in [2.75, 3.05) is 7.11 Å². The highest BCUT2D eigenvalue weighted by Gasteiger charge is 2.12. The summed E-state index contributed by atoms with van der Waals surface area (Å²) in [6.45, 7) is 0. The molecule has 0 saturated heterocycles. The van der Waals surface area contributed by atoms with E-state index in [1.54, 1.807) is 13.4 Å². The van der Waals surface area contributed by atoms with Gasteiger partial charge < -0.3 is 4.74 Å². The SMILES string of the molecule is CO/C=C/c1c(Cl)cccc1-c1cc2ccccc2c2ccccc12. The molecule has 0 N–H and O–H groups in total. The first-order valence-corrected chi connectivity index (χ1v) is 8.56. The van der Waals surface area contributed by atoms with Crippen molar-refractivity contribution in [3.8, 4) is 11.1 Å². The van der Waals surface area contributed by atoms with Gasteiger partial charge in [0, 0.05) is 10.6 Å². The van der Waals surface area contributed by atoms with Gasteiger partial charge in [0.25, 0.3) is 0 Å². The van der Waals surface area contributed by atoms with E-state index in [1.165, 1.54) is 27.1 Å². The molecular formula is C23H17ClO. The van der Waals surface area contributed by atoms with Gasteiger partial charge in [-0.25, -0.2) is 0 Å². The standard InChI is InChI=1S/C23H17ClO/c1-25-14-13-21-20(11-6-12-23(21)24)22-15-16-7-2-3-8-17(16)18-9-4-5-10-19(18)22/h2-15H,1H3/b14-13+. The summed E-state index contributed by atoms with van der Waals surface area (Å²) in [7, 11) is 1.64. The molecule has 0 bridgehead atoms. The van der Waals surface area contributed by atoms with Gasteiger partial charge in [-0.3, -0.25) is 0 Å². The van der Waals surface area contributed by atoms with Crippen molar-refractivity contribution in [2.24, 2.45) is 0 Å². The van der Waals surface area contributed by atoms with E-state index < -0.39 is 0 Å². The van der Waals surface area contributed by atoms with Crippen LogP contribution in [0.4, 0.5) is 0 Å². The Morgan fingerprint density at radius 2 is 1.48 bits per heavy atom. The van der Waals surface area contributed by atoms with Gasteiger partial charge >= 0.3 is 0 Å². The summed E-state index contributed by atoms with van der Waals surface area (Å²) in [4.78, 5) is 0. The van der Waals surface area contributed by atoms with Crippen LogP contribution in [-0.2, 0) is 4.74 Å². The van der Waals surface area contributed by atoms with Crippen LogP contribution < -0.4 is 0 Å². The summed E-state index contributed by atoms with van der Waals surface area (Å²) in [5.74, 6) is 0. The van der Waals surface area contributed by atoms with Crippen LogP contribution in [0.5, 0.6) is 0 Å². The molecule has 0 aliphatic rings. The minimum atomic E-state index is 0.711. The number of ether oxygens (including phenoxy) is 1. The molecule has 4 aromatic carbocycles. The largest absolute Gasteiger partial charge is 0.504 e. The van der Waals surface area contributed by atoms with E-state index in [-0.39, 0.29) is 0 Å². The van der Waals surface area contributed by atoms with Crippen LogP contribution in [0.3, 0.4) is 0 Å². The predicted octanol–water partition coefficient (Wildman–Crippen LogP) is 6.93. The zero-order valence-electron chi connectivity index (χ0n) is 13.9. The van der Waals surface area contributed by atoms with Crippen molar-refractivity contribution in [1.82, 2.24) is 0 Å². The molecule has 0 amide bonds. The Morgan fingerprint density at radius 1 is 0.760 bits per heavy atom. The minimum Gasteiger partial charge on any atom is -0.504 e. The van der Waals surface area contributed by atoms with E-state index in [2.05, 4.69) is 60.7 Å². The fourth-order valence-electron chi connectivity index (χ4n) is 3.35. The first-order valence-electron chi connectivity index (χ1n) is 8.18. The number of methoxy groups -OCH3 is 1. The van der Waals surface area contributed by atoms with E-state index in [9.17, 15) is 0 Å². The maximum Gasteiger partial charge on any atom is 0.0831 e. The van der Waals surface area contributed by atoms with Crippen LogP contribution in [0.15, 0.2) is 79.1 Å². The molecule has 0 fully saturated rings. The summed E-state index contributed by atoms with van der Waals surface area (Å²) in [5, 5.41) is 5.66. The first kappa shape index (κ1) is 15.7. The van der Waals surface area contributed by atoms with Gasteiger partial charge in [-0.1, -0.05) is 72.3 Å². The smallest absolute Gasteiger partial charge is 0.0831 e. The Morgan fingerprint density at radius 3 is 2.28 bits per heavy atom. The molecule has 4 rings (SSSR count). The quantitative estimate of drug-likeness (QED) is 0.289. The monoisotopic (exact) mass is 344 g/mol. The molecule has 0 atom stereocenters. The van der Waals surface area contributed by atoms with Crippen LogP contribution in [0, 0.1) is 0 Å². The van der Waals surface area contributed by atoms with Crippen LogP contribution in [-0.4, -0.2) is 7.11 Å². The van der Waals surface area contributed by atoms with E-state index in [4.69, 9.17) is 16.3 Å². The fourth-order valence-corrected chi connectivity index (χ4v) is 3.59. The Balaban J connectivity index is 2.11. The molecule has 0 aliphatic heterocycles. The van der Waals surface area contributed by atoms with Gasteiger partial charge in [-0.05, 0) is 50.9 Å². The zero-order valence-corrected chi connectivity index (χ0v) is 14.6. The lowest BCUT2D eigenvalue weighted by Gasteiger charge is -2.14. The van der Waals surface area contributed by atoms with Crippen molar-refractivity contribution in [2.45, 2.75) is 0 Å². The third-order valence-corrected chi connectivity index (χ3v) is 4.81. The number of hydrogen-bond acceptors (Lipinski definition) is 1.